The number of nitrogens with zero attached hydrogens (tertiary/aromatic N) is 2. The molecule has 7 heteroatoms. The lowest BCUT2D eigenvalue weighted by Crippen LogP contribution is -2.08. The summed E-state index contributed by atoms with van der Waals surface area (Å²) in [4.78, 5) is 14.2. The van der Waals surface area contributed by atoms with Gasteiger partial charge in [0.25, 0.3) is 5.89 Å². The second-order valence-electron chi connectivity index (χ2n) is 6.61. The molecule has 0 fully saturated rings. The smallest absolute Gasteiger partial charge is 0.349 e. The third kappa shape index (κ3) is 3.30. The van der Waals surface area contributed by atoms with Crippen molar-refractivity contribution in [3.63, 3.8) is 0 Å². The van der Waals surface area contributed by atoms with Crippen LogP contribution in [-0.2, 0) is 11.3 Å². The number of para-hydroxylation sites is 1. The van der Waals surface area contributed by atoms with E-state index in [-0.39, 0.29) is 5.89 Å². The summed E-state index contributed by atoms with van der Waals surface area (Å²) in [5.74, 6) is 1.05. The van der Waals surface area contributed by atoms with Crippen molar-refractivity contribution >= 4 is 17.3 Å². The Hall–Kier alpha value is -3.45. The number of esters is 1. The maximum absolute atomic E-state index is 12.7. The molecule has 0 bridgehead atoms. The average molecular weight is 404 g/mol. The molecule has 0 saturated carbocycles. The molecule has 1 aliphatic heterocycles. The Labute approximate surface area is 170 Å². The number of aromatic nitrogens is 2. The number of hydrogen-bond acceptors (Lipinski definition) is 7. The second-order valence-corrected chi connectivity index (χ2v) is 7.66. The number of fused-ring (bicyclic) bond motifs is 3. The van der Waals surface area contributed by atoms with Crippen molar-refractivity contribution in [2.24, 2.45) is 0 Å². The summed E-state index contributed by atoms with van der Waals surface area (Å²) < 4.78 is 17.0. The molecule has 144 valence electrons. The molecule has 0 aliphatic carbocycles. The summed E-state index contributed by atoms with van der Waals surface area (Å²) in [5, 5.41) is 8.07. The number of carbonyl (C=O) groups excluding carboxylic acids is 1. The summed E-state index contributed by atoms with van der Waals surface area (Å²) >= 11 is 1.40. The Morgan fingerprint density at radius 1 is 1.10 bits per heavy atom. The highest BCUT2D eigenvalue weighted by molar-refractivity contribution is 7.17. The van der Waals surface area contributed by atoms with E-state index in [1.807, 2.05) is 60.7 Å². The molecule has 2 aromatic heterocycles. The molecule has 0 N–H and O–H groups in total. The first-order chi connectivity index (χ1) is 14.2. The van der Waals surface area contributed by atoms with Crippen LogP contribution in [0.2, 0.25) is 0 Å². The summed E-state index contributed by atoms with van der Waals surface area (Å²) in [6.45, 7) is 2.15. The summed E-state index contributed by atoms with van der Waals surface area (Å²) in [7, 11) is 0. The van der Waals surface area contributed by atoms with E-state index >= 15 is 0 Å². The van der Waals surface area contributed by atoms with E-state index in [9.17, 15) is 4.79 Å². The normalized spacial score (nSPS) is 13.1. The van der Waals surface area contributed by atoms with Crippen molar-refractivity contribution < 1.29 is 18.7 Å². The largest absolute Gasteiger partial charge is 0.488 e. The van der Waals surface area contributed by atoms with E-state index in [1.54, 1.807) is 6.92 Å². The Kier molecular flexibility index (Phi) is 4.37. The summed E-state index contributed by atoms with van der Waals surface area (Å²) in [6, 6.07) is 19.1. The van der Waals surface area contributed by atoms with Crippen LogP contribution in [0.25, 0.3) is 21.9 Å². The zero-order valence-electron chi connectivity index (χ0n) is 15.5. The van der Waals surface area contributed by atoms with E-state index in [0.717, 1.165) is 27.3 Å². The molecule has 29 heavy (non-hydrogen) atoms. The van der Waals surface area contributed by atoms with E-state index in [4.69, 9.17) is 13.9 Å². The minimum Gasteiger partial charge on any atom is -0.488 e. The molecule has 1 aliphatic rings. The van der Waals surface area contributed by atoms with Gasteiger partial charge in [0, 0.05) is 21.6 Å². The lowest BCUT2D eigenvalue weighted by molar-refractivity contribution is 0.0285. The Balaban J connectivity index is 1.34. The molecular weight excluding hydrogens is 388 g/mol. The number of thiophene rings is 1. The predicted octanol–water partition coefficient (Wildman–Crippen LogP) is 5.28. The van der Waals surface area contributed by atoms with Crippen LogP contribution in [0.1, 0.15) is 34.2 Å². The molecule has 6 nitrogen and oxygen atoms in total. The van der Waals surface area contributed by atoms with Crippen molar-refractivity contribution in [2.75, 3.05) is 0 Å². The highest BCUT2D eigenvalue weighted by atomic mass is 32.1. The maximum atomic E-state index is 12.7. The summed E-state index contributed by atoms with van der Waals surface area (Å²) in [6.07, 6.45) is -0.657. The Morgan fingerprint density at radius 2 is 1.90 bits per heavy atom. The lowest BCUT2D eigenvalue weighted by atomic mass is 10.1. The molecule has 3 heterocycles. The van der Waals surface area contributed by atoms with Gasteiger partial charge in [-0.05, 0) is 37.3 Å². The third-order valence-electron chi connectivity index (χ3n) is 4.62. The van der Waals surface area contributed by atoms with Gasteiger partial charge in [-0.3, -0.25) is 0 Å². The average Bonchev–Trinajstić information content (AvgIpc) is 3.42. The molecule has 4 aromatic rings. The minimum atomic E-state index is -0.657. The van der Waals surface area contributed by atoms with Crippen LogP contribution in [0.5, 0.6) is 5.75 Å². The zero-order valence-corrected chi connectivity index (χ0v) is 16.3. The minimum absolute atomic E-state index is 0.257. The van der Waals surface area contributed by atoms with Gasteiger partial charge in [0.2, 0.25) is 5.89 Å². The maximum Gasteiger partial charge on any atom is 0.349 e. The van der Waals surface area contributed by atoms with E-state index in [1.165, 1.54) is 11.3 Å². The first kappa shape index (κ1) is 17.6. The summed E-state index contributed by atoms with van der Waals surface area (Å²) in [5.41, 5.74) is 2.79. The molecular formula is C22H16N2O4S. The SMILES string of the molecule is C[C@H](OC(=O)c1cc2c(s1)-c1ccccc1OC2)c1nnc(-c2ccccc2)o1. The first-order valence-electron chi connectivity index (χ1n) is 9.14. The standard InChI is InChI=1S/C22H16N2O4S/c1-13(20-23-24-21(28-20)14-7-3-2-4-8-14)27-22(25)18-11-15-12-26-17-10-6-5-9-16(17)19(15)29-18/h2-11,13H,12H2,1H3/t13-/m0/s1. The van der Waals surface area contributed by atoms with E-state index in [2.05, 4.69) is 10.2 Å². The van der Waals surface area contributed by atoms with Gasteiger partial charge in [-0.15, -0.1) is 21.5 Å². The van der Waals surface area contributed by atoms with Gasteiger partial charge >= 0.3 is 5.97 Å². The molecule has 1 atom stereocenters. The Bertz CT molecular complexity index is 1180. The van der Waals surface area contributed by atoms with Crippen LogP contribution in [0.15, 0.2) is 65.1 Å². The highest BCUT2D eigenvalue weighted by Crippen LogP contribution is 2.42. The highest BCUT2D eigenvalue weighted by Gasteiger charge is 2.25. The number of benzene rings is 2. The zero-order chi connectivity index (χ0) is 19.8. The van der Waals surface area contributed by atoms with Crippen molar-refractivity contribution in [1.29, 1.82) is 0 Å². The van der Waals surface area contributed by atoms with E-state index in [0.29, 0.717) is 17.4 Å². The van der Waals surface area contributed by atoms with Crippen LogP contribution in [0.4, 0.5) is 0 Å². The van der Waals surface area contributed by atoms with Crippen LogP contribution < -0.4 is 4.74 Å². The number of carbonyl (C=O) groups is 1. The first-order valence-corrected chi connectivity index (χ1v) is 9.95. The molecule has 5 rings (SSSR count). The fourth-order valence-corrected chi connectivity index (χ4v) is 4.25. The second kappa shape index (κ2) is 7.18. The van der Waals surface area contributed by atoms with Gasteiger partial charge < -0.3 is 13.9 Å². The van der Waals surface area contributed by atoms with Crippen molar-refractivity contribution in [2.45, 2.75) is 19.6 Å². The van der Waals surface area contributed by atoms with Gasteiger partial charge in [-0.1, -0.05) is 30.3 Å². The Morgan fingerprint density at radius 3 is 2.76 bits per heavy atom. The quantitative estimate of drug-likeness (QED) is 0.431. The van der Waals surface area contributed by atoms with E-state index < -0.39 is 12.1 Å². The van der Waals surface area contributed by atoms with Gasteiger partial charge in [-0.25, -0.2) is 4.79 Å². The molecule has 2 aromatic carbocycles. The molecule has 0 spiro atoms. The number of hydrogen-bond donors (Lipinski definition) is 0. The van der Waals surface area contributed by atoms with Crippen LogP contribution in [0.3, 0.4) is 0 Å². The topological polar surface area (TPSA) is 74.5 Å². The van der Waals surface area contributed by atoms with Crippen molar-refractivity contribution in [3.8, 4) is 27.6 Å². The molecule has 0 amide bonds. The van der Waals surface area contributed by atoms with Gasteiger partial charge in [0.1, 0.15) is 17.2 Å². The molecule has 0 radical (unpaired) electrons. The third-order valence-corrected chi connectivity index (χ3v) is 5.81. The molecule has 0 saturated heterocycles. The van der Waals surface area contributed by atoms with Gasteiger partial charge in [-0.2, -0.15) is 0 Å². The fourth-order valence-electron chi connectivity index (χ4n) is 3.17. The van der Waals surface area contributed by atoms with Crippen molar-refractivity contribution in [3.05, 3.63) is 77.0 Å². The molecule has 0 unspecified atom stereocenters. The predicted molar refractivity (Wildman–Crippen MR) is 108 cm³/mol. The number of rotatable bonds is 4. The van der Waals surface area contributed by atoms with Gasteiger partial charge in [0.15, 0.2) is 6.10 Å². The number of ether oxygens (including phenoxy) is 2. The van der Waals surface area contributed by atoms with Crippen LogP contribution >= 0.6 is 11.3 Å². The van der Waals surface area contributed by atoms with Crippen molar-refractivity contribution in [1.82, 2.24) is 10.2 Å². The monoisotopic (exact) mass is 404 g/mol. The van der Waals surface area contributed by atoms with Crippen LogP contribution in [-0.4, -0.2) is 16.2 Å². The van der Waals surface area contributed by atoms with Gasteiger partial charge in [0.05, 0.1) is 0 Å². The fraction of sp³-hybridized carbons (Fsp3) is 0.136. The lowest BCUT2D eigenvalue weighted by Gasteiger charge is -2.16. The van der Waals surface area contributed by atoms with Crippen LogP contribution in [0, 0.1) is 0 Å².